The molecule has 2 rings (SSSR count). The molecule has 0 aromatic heterocycles. The van der Waals surface area contributed by atoms with Gasteiger partial charge in [-0.1, -0.05) is 25.0 Å². The highest BCUT2D eigenvalue weighted by atomic mass is 32.2. The van der Waals surface area contributed by atoms with E-state index in [2.05, 4.69) is 0 Å². The van der Waals surface area contributed by atoms with Crippen LogP contribution in [0.5, 0.6) is 5.75 Å². The lowest BCUT2D eigenvalue weighted by atomic mass is 10.1. The average molecular weight is 265 g/mol. The second kappa shape index (κ2) is 7.70. The van der Waals surface area contributed by atoms with Crippen molar-refractivity contribution >= 4 is 11.8 Å². The molecule has 1 aliphatic carbocycles. The fraction of sp³-hybridized carbons (Fsp3) is 0.600. The van der Waals surface area contributed by atoms with Crippen LogP contribution in [0.3, 0.4) is 0 Å². The molecule has 0 amide bonds. The fourth-order valence-electron chi connectivity index (χ4n) is 2.37. The van der Waals surface area contributed by atoms with Crippen LogP contribution in [0.4, 0.5) is 0 Å². The van der Waals surface area contributed by atoms with Crippen molar-refractivity contribution in [2.45, 2.75) is 32.2 Å². The van der Waals surface area contributed by atoms with E-state index in [1.54, 1.807) is 0 Å². The van der Waals surface area contributed by atoms with Crippen LogP contribution in [-0.2, 0) is 6.54 Å². The van der Waals surface area contributed by atoms with Crippen molar-refractivity contribution in [3.8, 4) is 5.75 Å². The quantitative estimate of drug-likeness (QED) is 0.767. The van der Waals surface area contributed by atoms with Crippen molar-refractivity contribution < 1.29 is 4.74 Å². The fourth-order valence-corrected chi connectivity index (χ4v) is 3.40. The molecule has 2 N–H and O–H groups in total. The zero-order valence-electron chi connectivity index (χ0n) is 10.9. The highest BCUT2D eigenvalue weighted by Crippen LogP contribution is 2.27. The van der Waals surface area contributed by atoms with Crippen molar-refractivity contribution in [2.75, 3.05) is 18.1 Å². The monoisotopic (exact) mass is 265 g/mol. The minimum absolute atomic E-state index is 0.595. The Labute approximate surface area is 114 Å². The Bertz CT molecular complexity index is 333. The Morgan fingerprint density at radius 3 is 2.56 bits per heavy atom. The van der Waals surface area contributed by atoms with Crippen LogP contribution in [0.15, 0.2) is 24.3 Å². The predicted molar refractivity (Wildman–Crippen MR) is 79.1 cm³/mol. The summed E-state index contributed by atoms with van der Waals surface area (Å²) in [6.45, 7) is 1.40. The van der Waals surface area contributed by atoms with Crippen LogP contribution in [-0.4, -0.2) is 18.1 Å². The van der Waals surface area contributed by atoms with Gasteiger partial charge in [-0.05, 0) is 42.2 Å². The Morgan fingerprint density at radius 1 is 1.17 bits per heavy atom. The molecule has 18 heavy (non-hydrogen) atoms. The summed E-state index contributed by atoms with van der Waals surface area (Å²) in [5.41, 5.74) is 6.71. The van der Waals surface area contributed by atoms with E-state index in [9.17, 15) is 0 Å². The highest BCUT2D eigenvalue weighted by molar-refractivity contribution is 7.99. The van der Waals surface area contributed by atoms with Crippen LogP contribution in [0.1, 0.15) is 31.2 Å². The van der Waals surface area contributed by atoms with E-state index in [0.717, 1.165) is 29.6 Å². The largest absolute Gasteiger partial charge is 0.493 e. The van der Waals surface area contributed by atoms with Gasteiger partial charge in [-0.25, -0.2) is 0 Å². The van der Waals surface area contributed by atoms with Gasteiger partial charge in [0.1, 0.15) is 5.75 Å². The molecule has 1 aliphatic rings. The van der Waals surface area contributed by atoms with Crippen molar-refractivity contribution in [1.29, 1.82) is 0 Å². The standard InChI is InChI=1S/C15H23NOS/c16-11-13-5-7-15(8-6-13)17-9-10-18-12-14-3-1-2-4-14/h5-8,14H,1-4,9-12,16H2. The minimum atomic E-state index is 0.595. The van der Waals surface area contributed by atoms with E-state index < -0.39 is 0 Å². The Balaban J connectivity index is 1.56. The number of rotatable bonds is 7. The smallest absolute Gasteiger partial charge is 0.119 e. The molecule has 0 radical (unpaired) electrons. The molecule has 0 unspecified atom stereocenters. The maximum Gasteiger partial charge on any atom is 0.119 e. The molecule has 0 aliphatic heterocycles. The van der Waals surface area contributed by atoms with Gasteiger partial charge in [-0.2, -0.15) is 11.8 Å². The third kappa shape index (κ3) is 4.54. The number of benzene rings is 1. The van der Waals surface area contributed by atoms with Crippen LogP contribution in [0, 0.1) is 5.92 Å². The molecule has 1 saturated carbocycles. The predicted octanol–water partition coefficient (Wildman–Crippen LogP) is 3.45. The number of thioether (sulfide) groups is 1. The average Bonchev–Trinajstić information content (AvgIpc) is 2.92. The summed E-state index contributed by atoms with van der Waals surface area (Å²) >= 11 is 2.03. The molecule has 0 heterocycles. The van der Waals surface area contributed by atoms with E-state index >= 15 is 0 Å². The number of ether oxygens (including phenoxy) is 1. The summed E-state index contributed by atoms with van der Waals surface area (Å²) < 4.78 is 5.71. The van der Waals surface area contributed by atoms with E-state index in [1.807, 2.05) is 36.0 Å². The van der Waals surface area contributed by atoms with Gasteiger partial charge in [0, 0.05) is 12.3 Å². The number of hydrogen-bond donors (Lipinski definition) is 1. The lowest BCUT2D eigenvalue weighted by Gasteiger charge is -2.09. The summed E-state index contributed by atoms with van der Waals surface area (Å²) in [4.78, 5) is 0. The SMILES string of the molecule is NCc1ccc(OCCSCC2CCCC2)cc1. The van der Waals surface area contributed by atoms with Gasteiger partial charge in [-0.3, -0.25) is 0 Å². The maximum atomic E-state index is 5.71. The molecule has 3 heteroatoms. The third-order valence-corrected chi connectivity index (χ3v) is 4.65. The zero-order valence-corrected chi connectivity index (χ0v) is 11.8. The molecule has 1 aromatic rings. The topological polar surface area (TPSA) is 35.2 Å². The summed E-state index contributed by atoms with van der Waals surface area (Å²) in [6, 6.07) is 8.07. The molecular formula is C15H23NOS. The first-order chi connectivity index (χ1) is 8.88. The Kier molecular flexibility index (Phi) is 5.88. The summed E-state index contributed by atoms with van der Waals surface area (Å²) in [5, 5.41) is 0. The van der Waals surface area contributed by atoms with Crippen molar-refractivity contribution in [1.82, 2.24) is 0 Å². The minimum Gasteiger partial charge on any atom is -0.493 e. The molecule has 0 atom stereocenters. The van der Waals surface area contributed by atoms with Gasteiger partial charge in [-0.15, -0.1) is 0 Å². The first kappa shape index (κ1) is 13.8. The van der Waals surface area contributed by atoms with Gasteiger partial charge >= 0.3 is 0 Å². The molecule has 0 saturated heterocycles. The van der Waals surface area contributed by atoms with Crippen LogP contribution in [0.25, 0.3) is 0 Å². The summed E-state index contributed by atoms with van der Waals surface area (Å²) in [7, 11) is 0. The number of hydrogen-bond acceptors (Lipinski definition) is 3. The van der Waals surface area contributed by atoms with Crippen molar-refractivity contribution in [3.63, 3.8) is 0 Å². The molecule has 2 nitrogen and oxygen atoms in total. The summed E-state index contributed by atoms with van der Waals surface area (Å²) in [5.74, 6) is 4.33. The van der Waals surface area contributed by atoms with Crippen LogP contribution in [0.2, 0.25) is 0 Å². The Hall–Kier alpha value is -0.670. The number of nitrogens with two attached hydrogens (primary N) is 1. The molecule has 1 aromatic carbocycles. The highest BCUT2D eigenvalue weighted by Gasteiger charge is 2.14. The first-order valence-electron chi connectivity index (χ1n) is 6.88. The van der Waals surface area contributed by atoms with E-state index in [-0.39, 0.29) is 0 Å². The van der Waals surface area contributed by atoms with Gasteiger partial charge in [0.15, 0.2) is 0 Å². The molecular weight excluding hydrogens is 242 g/mol. The first-order valence-corrected chi connectivity index (χ1v) is 8.03. The van der Waals surface area contributed by atoms with Crippen molar-refractivity contribution in [3.05, 3.63) is 29.8 Å². The van der Waals surface area contributed by atoms with E-state index in [1.165, 1.54) is 31.4 Å². The molecule has 1 fully saturated rings. The zero-order chi connectivity index (χ0) is 12.6. The van der Waals surface area contributed by atoms with E-state index in [4.69, 9.17) is 10.5 Å². The molecule has 0 bridgehead atoms. The van der Waals surface area contributed by atoms with Crippen LogP contribution < -0.4 is 10.5 Å². The van der Waals surface area contributed by atoms with Crippen LogP contribution >= 0.6 is 11.8 Å². The van der Waals surface area contributed by atoms with Crippen molar-refractivity contribution in [2.24, 2.45) is 11.7 Å². The second-order valence-electron chi connectivity index (χ2n) is 4.92. The van der Waals surface area contributed by atoms with Gasteiger partial charge in [0.25, 0.3) is 0 Å². The maximum absolute atomic E-state index is 5.71. The van der Waals surface area contributed by atoms with E-state index in [0.29, 0.717) is 6.54 Å². The lowest BCUT2D eigenvalue weighted by Crippen LogP contribution is -2.04. The Morgan fingerprint density at radius 2 is 1.89 bits per heavy atom. The normalized spacial score (nSPS) is 16.1. The molecule has 100 valence electrons. The third-order valence-electron chi connectivity index (χ3n) is 3.48. The van der Waals surface area contributed by atoms with Gasteiger partial charge < -0.3 is 10.5 Å². The second-order valence-corrected chi connectivity index (χ2v) is 6.07. The molecule has 0 spiro atoms. The lowest BCUT2D eigenvalue weighted by molar-refractivity contribution is 0.343. The summed E-state index contributed by atoms with van der Waals surface area (Å²) in [6.07, 6.45) is 5.76. The van der Waals surface area contributed by atoms with Gasteiger partial charge in [0.05, 0.1) is 6.61 Å². The van der Waals surface area contributed by atoms with Gasteiger partial charge in [0.2, 0.25) is 0 Å².